The highest BCUT2D eigenvalue weighted by molar-refractivity contribution is 5.66. The number of oxime groups is 1. The van der Waals surface area contributed by atoms with Crippen molar-refractivity contribution in [2.75, 3.05) is 13.2 Å². The molecule has 26 heavy (non-hydrogen) atoms. The first kappa shape index (κ1) is 19.4. The van der Waals surface area contributed by atoms with Crippen LogP contribution in [0.2, 0.25) is 0 Å². The quantitative estimate of drug-likeness (QED) is 0.432. The highest BCUT2D eigenvalue weighted by atomic mass is 16.6. The Balaban J connectivity index is 1.85. The van der Waals surface area contributed by atoms with Crippen molar-refractivity contribution in [1.82, 2.24) is 0 Å². The van der Waals surface area contributed by atoms with Crippen LogP contribution in [-0.2, 0) is 16.7 Å². The molecule has 0 radical (unpaired) electrons. The molecule has 0 aliphatic heterocycles. The molecular weight excluding hydrogens is 322 g/mol. The predicted molar refractivity (Wildman–Crippen MR) is 108 cm³/mol. The van der Waals surface area contributed by atoms with Gasteiger partial charge in [0, 0.05) is 24.7 Å². The fourth-order valence-corrected chi connectivity index (χ4v) is 5.41. The van der Waals surface area contributed by atoms with Crippen molar-refractivity contribution in [3.63, 3.8) is 0 Å². The van der Waals surface area contributed by atoms with E-state index in [0.717, 1.165) is 0 Å². The molecule has 1 aromatic carbocycles. The summed E-state index contributed by atoms with van der Waals surface area (Å²) in [7, 11) is 0. The average Bonchev–Trinajstić information content (AvgIpc) is 2.61. The number of aryl methyl sites for hydroxylation is 1. The van der Waals surface area contributed by atoms with E-state index in [1.165, 1.54) is 37.7 Å². The average molecular weight is 358 g/mol. The Morgan fingerprint density at radius 3 is 2.85 bits per heavy atom. The highest BCUT2D eigenvalue weighted by Gasteiger charge is 2.51. The molecule has 0 saturated heterocycles. The van der Waals surface area contributed by atoms with Gasteiger partial charge in [-0.1, -0.05) is 57.5 Å². The summed E-state index contributed by atoms with van der Waals surface area (Å²) in [5, 5.41) is 13.2. The Labute approximate surface area is 158 Å². The van der Waals surface area contributed by atoms with Crippen molar-refractivity contribution in [3.8, 4) is 0 Å². The van der Waals surface area contributed by atoms with Gasteiger partial charge in [0.15, 0.2) is 0 Å². The third-order valence-electron chi connectivity index (χ3n) is 6.91. The van der Waals surface area contributed by atoms with Gasteiger partial charge in [-0.15, -0.1) is 0 Å². The summed E-state index contributed by atoms with van der Waals surface area (Å²) in [5.41, 5.74) is 4.91. The molecule has 0 aromatic heterocycles. The van der Waals surface area contributed by atoms with Gasteiger partial charge < -0.3 is 9.94 Å². The van der Waals surface area contributed by atoms with Crippen molar-refractivity contribution >= 4 is 6.21 Å². The molecule has 0 bridgehead atoms. The summed E-state index contributed by atoms with van der Waals surface area (Å²) in [6.07, 6.45) is 8.79. The number of hydrogen-bond donors (Lipinski definition) is 1. The lowest BCUT2D eigenvalue weighted by molar-refractivity contribution is 0.0729. The summed E-state index contributed by atoms with van der Waals surface area (Å²) in [6, 6.07) is 7.21. The van der Waals surface area contributed by atoms with Gasteiger partial charge in [-0.25, -0.2) is 0 Å². The molecule has 3 heteroatoms. The largest absolute Gasteiger partial charge is 0.396 e. The fourth-order valence-electron chi connectivity index (χ4n) is 5.41. The van der Waals surface area contributed by atoms with E-state index in [1.54, 1.807) is 11.1 Å². The molecular formula is C23H35NO2. The second kappa shape index (κ2) is 7.72. The monoisotopic (exact) mass is 357 g/mol. The van der Waals surface area contributed by atoms with Gasteiger partial charge in [-0.3, -0.25) is 0 Å². The standard InChI is InChI=1S/C23H35NO2/c1-17(2)18-7-9-20-19(15-18)8-10-21-22(3,11-5-12-23(20,21)4)16-24-26-14-6-13-25/h7,9,15-17,21,25H,5-6,8,10-14H2,1-4H3/b24-16+/t21?,22-,23-/m1/s1. The number of aliphatic hydroxyl groups excluding tert-OH is 1. The second-order valence-corrected chi connectivity index (χ2v) is 9.08. The number of rotatable bonds is 6. The van der Waals surface area contributed by atoms with Gasteiger partial charge in [0.1, 0.15) is 6.61 Å². The van der Waals surface area contributed by atoms with E-state index in [9.17, 15) is 0 Å². The van der Waals surface area contributed by atoms with Gasteiger partial charge in [-0.2, -0.15) is 0 Å². The van der Waals surface area contributed by atoms with Crippen LogP contribution in [0.5, 0.6) is 0 Å². The van der Waals surface area contributed by atoms with E-state index in [-0.39, 0.29) is 17.4 Å². The van der Waals surface area contributed by atoms with E-state index >= 15 is 0 Å². The number of hydrogen-bond acceptors (Lipinski definition) is 3. The molecule has 1 fully saturated rings. The van der Waals surface area contributed by atoms with E-state index < -0.39 is 0 Å². The third kappa shape index (κ3) is 3.55. The topological polar surface area (TPSA) is 41.8 Å². The SMILES string of the molecule is CC(C)c1ccc2c(c1)CCC1[C@@](C)(/C=N/OCCCO)CCC[C@]21C. The molecule has 0 amide bonds. The zero-order valence-corrected chi connectivity index (χ0v) is 16.9. The maximum atomic E-state index is 8.87. The molecule has 1 unspecified atom stereocenters. The number of benzene rings is 1. The molecule has 144 valence electrons. The summed E-state index contributed by atoms with van der Waals surface area (Å²) in [4.78, 5) is 5.38. The van der Waals surface area contributed by atoms with E-state index in [1.807, 2.05) is 0 Å². The lowest BCUT2D eigenvalue weighted by atomic mass is 9.50. The lowest BCUT2D eigenvalue weighted by Crippen LogP contribution is -2.49. The Hall–Kier alpha value is -1.35. The minimum atomic E-state index is 0.0840. The van der Waals surface area contributed by atoms with Crippen LogP contribution >= 0.6 is 0 Å². The fraction of sp³-hybridized carbons (Fsp3) is 0.696. The van der Waals surface area contributed by atoms with Crippen LogP contribution < -0.4 is 0 Å². The zero-order valence-electron chi connectivity index (χ0n) is 16.9. The molecule has 0 heterocycles. The van der Waals surface area contributed by atoms with Crippen LogP contribution in [0.3, 0.4) is 0 Å². The highest BCUT2D eigenvalue weighted by Crippen LogP contribution is 2.56. The first-order chi connectivity index (χ1) is 12.4. The van der Waals surface area contributed by atoms with Gasteiger partial charge in [0.05, 0.1) is 0 Å². The van der Waals surface area contributed by atoms with E-state index in [2.05, 4.69) is 57.3 Å². The van der Waals surface area contributed by atoms with Crippen LogP contribution in [0.1, 0.15) is 82.4 Å². The van der Waals surface area contributed by atoms with Crippen LogP contribution in [0, 0.1) is 11.3 Å². The molecule has 2 aliphatic carbocycles. The predicted octanol–water partition coefficient (Wildman–Crippen LogP) is 5.21. The number of nitrogens with zero attached hydrogens (tertiary/aromatic N) is 1. The van der Waals surface area contributed by atoms with Crippen molar-refractivity contribution in [2.45, 2.75) is 77.6 Å². The third-order valence-corrected chi connectivity index (χ3v) is 6.91. The van der Waals surface area contributed by atoms with Crippen molar-refractivity contribution in [2.24, 2.45) is 16.5 Å². The molecule has 0 spiro atoms. The Bertz CT molecular complexity index is 654. The van der Waals surface area contributed by atoms with Crippen LogP contribution in [0.4, 0.5) is 0 Å². The summed E-state index contributed by atoms with van der Waals surface area (Å²) < 4.78 is 0. The molecule has 2 aliphatic rings. The first-order valence-electron chi connectivity index (χ1n) is 10.3. The molecule has 3 rings (SSSR count). The maximum Gasteiger partial charge on any atom is 0.119 e. The second-order valence-electron chi connectivity index (χ2n) is 9.08. The molecule has 3 atom stereocenters. The Morgan fingerprint density at radius 2 is 2.12 bits per heavy atom. The number of fused-ring (bicyclic) bond motifs is 3. The lowest BCUT2D eigenvalue weighted by Gasteiger charge is -2.54. The summed E-state index contributed by atoms with van der Waals surface area (Å²) in [6.45, 7) is 10.0. The summed E-state index contributed by atoms with van der Waals surface area (Å²) >= 11 is 0. The zero-order chi connectivity index (χ0) is 18.8. The molecule has 1 saturated carbocycles. The van der Waals surface area contributed by atoms with Gasteiger partial charge in [0.2, 0.25) is 0 Å². The van der Waals surface area contributed by atoms with Crippen LogP contribution in [0.15, 0.2) is 23.4 Å². The molecule has 3 nitrogen and oxygen atoms in total. The van der Waals surface area contributed by atoms with Crippen LogP contribution in [0.25, 0.3) is 0 Å². The van der Waals surface area contributed by atoms with Crippen molar-refractivity contribution in [1.29, 1.82) is 0 Å². The normalized spacial score (nSPS) is 31.1. The minimum absolute atomic E-state index is 0.0840. The summed E-state index contributed by atoms with van der Waals surface area (Å²) in [5.74, 6) is 1.19. The number of aliphatic hydroxyl groups is 1. The van der Waals surface area contributed by atoms with Gasteiger partial charge in [0.25, 0.3) is 0 Å². The van der Waals surface area contributed by atoms with Crippen molar-refractivity contribution in [3.05, 3.63) is 34.9 Å². The van der Waals surface area contributed by atoms with Crippen molar-refractivity contribution < 1.29 is 9.94 Å². The minimum Gasteiger partial charge on any atom is -0.396 e. The first-order valence-corrected chi connectivity index (χ1v) is 10.3. The Morgan fingerprint density at radius 1 is 1.31 bits per heavy atom. The van der Waals surface area contributed by atoms with Gasteiger partial charge >= 0.3 is 0 Å². The maximum absolute atomic E-state index is 8.87. The van der Waals surface area contributed by atoms with Gasteiger partial charge in [-0.05, 0) is 59.6 Å². The Kier molecular flexibility index (Phi) is 5.76. The molecule has 1 N–H and O–H groups in total. The van der Waals surface area contributed by atoms with Crippen LogP contribution in [-0.4, -0.2) is 24.5 Å². The van der Waals surface area contributed by atoms with E-state index in [4.69, 9.17) is 9.94 Å². The smallest absolute Gasteiger partial charge is 0.119 e. The molecule has 1 aromatic rings. The van der Waals surface area contributed by atoms with E-state index in [0.29, 0.717) is 24.9 Å².